The number of rotatable bonds is 4. The van der Waals surface area contributed by atoms with E-state index in [0.717, 1.165) is 11.1 Å². The largest absolute Gasteiger partial charge is 0.339 e. The van der Waals surface area contributed by atoms with Gasteiger partial charge in [0.2, 0.25) is 11.8 Å². The average molecular weight is 336 g/mol. The van der Waals surface area contributed by atoms with Gasteiger partial charge in [-0.1, -0.05) is 61.5 Å². The summed E-state index contributed by atoms with van der Waals surface area (Å²) in [5, 5.41) is 0. The minimum Gasteiger partial charge on any atom is -0.339 e. The van der Waals surface area contributed by atoms with Crippen LogP contribution in [0.15, 0.2) is 54.6 Å². The van der Waals surface area contributed by atoms with Gasteiger partial charge in [-0.3, -0.25) is 9.59 Å². The molecule has 0 aliphatic carbocycles. The zero-order valence-electron chi connectivity index (χ0n) is 14.6. The fourth-order valence-corrected chi connectivity index (χ4v) is 3.16. The lowest BCUT2D eigenvalue weighted by atomic mass is 10.0. The van der Waals surface area contributed by atoms with Crippen molar-refractivity contribution in [3.05, 3.63) is 60.2 Å². The molecule has 4 nitrogen and oxygen atoms in total. The van der Waals surface area contributed by atoms with Crippen molar-refractivity contribution >= 4 is 11.8 Å². The van der Waals surface area contributed by atoms with E-state index in [1.54, 1.807) is 0 Å². The summed E-state index contributed by atoms with van der Waals surface area (Å²) in [4.78, 5) is 27.9. The van der Waals surface area contributed by atoms with Gasteiger partial charge in [0, 0.05) is 32.6 Å². The monoisotopic (exact) mass is 336 g/mol. The van der Waals surface area contributed by atoms with Crippen LogP contribution in [-0.4, -0.2) is 47.8 Å². The van der Waals surface area contributed by atoms with Crippen LogP contribution >= 0.6 is 0 Å². The summed E-state index contributed by atoms with van der Waals surface area (Å²) >= 11 is 0. The summed E-state index contributed by atoms with van der Waals surface area (Å²) in [5.74, 6) is 0.305. The molecule has 0 atom stereocenters. The molecule has 0 N–H and O–H groups in total. The molecule has 1 heterocycles. The third-order valence-electron chi connectivity index (χ3n) is 4.70. The average Bonchev–Trinajstić information content (AvgIpc) is 2.68. The molecular weight excluding hydrogens is 312 g/mol. The Labute approximate surface area is 149 Å². The number of benzene rings is 2. The van der Waals surface area contributed by atoms with Gasteiger partial charge in [-0.25, -0.2) is 0 Å². The van der Waals surface area contributed by atoms with Gasteiger partial charge >= 0.3 is 0 Å². The van der Waals surface area contributed by atoms with Gasteiger partial charge in [0.1, 0.15) is 0 Å². The molecule has 1 aliphatic heterocycles. The van der Waals surface area contributed by atoms with E-state index in [4.69, 9.17) is 0 Å². The first-order valence-electron chi connectivity index (χ1n) is 8.87. The molecule has 130 valence electrons. The van der Waals surface area contributed by atoms with E-state index in [0.29, 0.717) is 39.0 Å². The molecule has 4 heteroatoms. The number of amides is 2. The second-order valence-electron chi connectivity index (χ2n) is 6.35. The molecule has 0 bridgehead atoms. The molecule has 1 saturated heterocycles. The molecular formula is C21H24N2O2. The van der Waals surface area contributed by atoms with E-state index in [1.807, 2.05) is 47.1 Å². The predicted molar refractivity (Wildman–Crippen MR) is 99.0 cm³/mol. The molecule has 0 spiro atoms. The number of hydrogen-bond donors (Lipinski definition) is 0. The maximum absolute atomic E-state index is 12.5. The van der Waals surface area contributed by atoms with Gasteiger partial charge in [0.05, 0.1) is 6.42 Å². The Hall–Kier alpha value is -2.62. The second-order valence-corrected chi connectivity index (χ2v) is 6.35. The maximum Gasteiger partial charge on any atom is 0.227 e. The number of carbonyl (C=O) groups is 2. The SMILES string of the molecule is CCC(=O)N1CCN(C(=O)Cc2ccc(-c3ccccc3)cc2)CC1. The van der Waals surface area contributed by atoms with E-state index in [-0.39, 0.29) is 11.8 Å². The van der Waals surface area contributed by atoms with Crippen LogP contribution in [-0.2, 0) is 16.0 Å². The summed E-state index contributed by atoms with van der Waals surface area (Å²) in [7, 11) is 0. The Morgan fingerprint density at radius 2 is 1.28 bits per heavy atom. The van der Waals surface area contributed by atoms with E-state index in [1.165, 1.54) is 5.56 Å². The van der Waals surface area contributed by atoms with Crippen LogP contribution in [0.3, 0.4) is 0 Å². The summed E-state index contributed by atoms with van der Waals surface area (Å²) in [6.45, 7) is 4.43. The van der Waals surface area contributed by atoms with Crippen LogP contribution < -0.4 is 0 Å². The molecule has 1 fully saturated rings. The fourth-order valence-electron chi connectivity index (χ4n) is 3.16. The molecule has 2 amide bonds. The fraction of sp³-hybridized carbons (Fsp3) is 0.333. The van der Waals surface area contributed by atoms with Crippen LogP contribution in [0.1, 0.15) is 18.9 Å². The number of nitrogens with zero attached hydrogens (tertiary/aromatic N) is 2. The highest BCUT2D eigenvalue weighted by molar-refractivity contribution is 5.80. The van der Waals surface area contributed by atoms with Crippen molar-refractivity contribution in [1.82, 2.24) is 9.80 Å². The van der Waals surface area contributed by atoms with Crippen molar-refractivity contribution < 1.29 is 9.59 Å². The van der Waals surface area contributed by atoms with Gasteiger partial charge < -0.3 is 9.80 Å². The van der Waals surface area contributed by atoms with Crippen LogP contribution in [0.2, 0.25) is 0 Å². The highest BCUT2D eigenvalue weighted by Gasteiger charge is 2.23. The number of hydrogen-bond acceptors (Lipinski definition) is 2. The quantitative estimate of drug-likeness (QED) is 0.861. The van der Waals surface area contributed by atoms with Crippen molar-refractivity contribution in [2.45, 2.75) is 19.8 Å². The maximum atomic E-state index is 12.5. The standard InChI is InChI=1S/C21H24N2O2/c1-2-20(24)22-12-14-23(15-13-22)21(25)16-17-8-10-19(11-9-17)18-6-4-3-5-7-18/h3-11H,2,12-16H2,1H3. The Morgan fingerprint density at radius 1 is 0.760 bits per heavy atom. The Balaban J connectivity index is 1.56. The van der Waals surface area contributed by atoms with Gasteiger partial charge in [-0.15, -0.1) is 0 Å². The molecule has 2 aromatic carbocycles. The lowest BCUT2D eigenvalue weighted by molar-refractivity contribution is -0.139. The zero-order chi connectivity index (χ0) is 17.6. The molecule has 0 radical (unpaired) electrons. The van der Waals surface area contributed by atoms with Crippen LogP contribution in [0.4, 0.5) is 0 Å². The van der Waals surface area contributed by atoms with Crippen molar-refractivity contribution in [3.63, 3.8) is 0 Å². The minimum absolute atomic E-state index is 0.135. The third kappa shape index (κ3) is 4.27. The molecule has 25 heavy (non-hydrogen) atoms. The van der Waals surface area contributed by atoms with Crippen LogP contribution in [0.25, 0.3) is 11.1 Å². The van der Waals surface area contributed by atoms with Crippen LogP contribution in [0, 0.1) is 0 Å². The summed E-state index contributed by atoms with van der Waals surface area (Å²) in [5.41, 5.74) is 3.36. The molecule has 0 aromatic heterocycles. The zero-order valence-corrected chi connectivity index (χ0v) is 14.6. The lowest BCUT2D eigenvalue weighted by Gasteiger charge is -2.34. The van der Waals surface area contributed by atoms with Gasteiger partial charge in [0.25, 0.3) is 0 Å². The second kappa shape index (κ2) is 7.97. The highest BCUT2D eigenvalue weighted by atomic mass is 16.2. The molecule has 3 rings (SSSR count). The topological polar surface area (TPSA) is 40.6 Å². The van der Waals surface area contributed by atoms with Crippen LogP contribution in [0.5, 0.6) is 0 Å². The summed E-state index contributed by atoms with van der Waals surface area (Å²) < 4.78 is 0. The van der Waals surface area contributed by atoms with Crippen molar-refractivity contribution in [2.75, 3.05) is 26.2 Å². The third-order valence-corrected chi connectivity index (χ3v) is 4.70. The van der Waals surface area contributed by atoms with Gasteiger partial charge in [-0.05, 0) is 16.7 Å². The van der Waals surface area contributed by atoms with Gasteiger partial charge in [0.15, 0.2) is 0 Å². The summed E-state index contributed by atoms with van der Waals surface area (Å²) in [6, 6.07) is 18.4. The summed E-state index contributed by atoms with van der Waals surface area (Å²) in [6.07, 6.45) is 0.943. The van der Waals surface area contributed by atoms with Crippen molar-refractivity contribution in [1.29, 1.82) is 0 Å². The minimum atomic E-state index is 0.135. The number of carbonyl (C=O) groups excluding carboxylic acids is 2. The molecule has 0 saturated carbocycles. The smallest absolute Gasteiger partial charge is 0.227 e. The number of piperazine rings is 1. The van der Waals surface area contributed by atoms with Crippen molar-refractivity contribution in [3.8, 4) is 11.1 Å². The predicted octanol–water partition coefficient (Wildman–Crippen LogP) is 2.98. The highest BCUT2D eigenvalue weighted by Crippen LogP contribution is 2.19. The normalized spacial score (nSPS) is 14.4. The Bertz CT molecular complexity index is 717. The Kier molecular flexibility index (Phi) is 5.49. The lowest BCUT2D eigenvalue weighted by Crippen LogP contribution is -2.50. The van der Waals surface area contributed by atoms with Crippen molar-refractivity contribution in [2.24, 2.45) is 0 Å². The van der Waals surface area contributed by atoms with E-state index >= 15 is 0 Å². The van der Waals surface area contributed by atoms with Gasteiger partial charge in [-0.2, -0.15) is 0 Å². The molecule has 1 aliphatic rings. The van der Waals surface area contributed by atoms with E-state index < -0.39 is 0 Å². The van der Waals surface area contributed by atoms with E-state index in [2.05, 4.69) is 24.3 Å². The van der Waals surface area contributed by atoms with E-state index in [9.17, 15) is 9.59 Å². The first kappa shape index (κ1) is 17.2. The molecule has 0 unspecified atom stereocenters. The Morgan fingerprint density at radius 3 is 1.84 bits per heavy atom. The first-order chi connectivity index (χ1) is 12.2. The first-order valence-corrected chi connectivity index (χ1v) is 8.87. The molecule has 2 aromatic rings.